The van der Waals surface area contributed by atoms with Crippen LogP contribution >= 0.6 is 0 Å². The van der Waals surface area contributed by atoms with Crippen LogP contribution < -0.4 is 20.7 Å². The van der Waals surface area contributed by atoms with Gasteiger partial charge in [0.05, 0.1) is 17.5 Å². The lowest BCUT2D eigenvalue weighted by Gasteiger charge is -2.10. The zero-order valence-corrected chi connectivity index (χ0v) is 9.10. The molecule has 0 aliphatic rings. The lowest BCUT2D eigenvalue weighted by atomic mass is 10.1. The molecule has 1 rings (SSSR count). The second-order valence-electron chi connectivity index (χ2n) is 3.40. The minimum absolute atomic E-state index is 0.0138. The SMILES string of the molecule is Cc1onc(OCC(=O)[O-])c1C[C@@H]([NH3+])C(=O)[O-]. The van der Waals surface area contributed by atoms with E-state index in [-0.39, 0.29) is 12.3 Å². The number of ether oxygens (including phenoxy) is 1. The van der Waals surface area contributed by atoms with Crippen molar-refractivity contribution in [2.75, 3.05) is 6.61 Å². The molecule has 0 radical (unpaired) electrons. The van der Waals surface area contributed by atoms with Crippen molar-refractivity contribution in [3.8, 4) is 5.88 Å². The van der Waals surface area contributed by atoms with E-state index in [1.54, 1.807) is 6.92 Å². The number of aliphatic carboxylic acids is 2. The molecule has 1 aromatic heterocycles. The molecule has 0 aromatic carbocycles. The van der Waals surface area contributed by atoms with Crippen LogP contribution in [0.3, 0.4) is 0 Å². The van der Waals surface area contributed by atoms with Crippen LogP contribution in [0.5, 0.6) is 5.88 Å². The van der Waals surface area contributed by atoms with E-state index in [1.165, 1.54) is 0 Å². The number of quaternary nitrogens is 1. The first-order chi connectivity index (χ1) is 7.91. The lowest BCUT2D eigenvalue weighted by Crippen LogP contribution is -2.69. The molecular weight excluding hydrogens is 232 g/mol. The van der Waals surface area contributed by atoms with Gasteiger partial charge in [-0.15, -0.1) is 0 Å². The second kappa shape index (κ2) is 5.30. The van der Waals surface area contributed by atoms with E-state index in [0.717, 1.165) is 0 Å². The van der Waals surface area contributed by atoms with Gasteiger partial charge in [-0.25, -0.2) is 0 Å². The van der Waals surface area contributed by atoms with E-state index in [1.807, 2.05) is 0 Å². The first-order valence-electron chi connectivity index (χ1n) is 4.73. The minimum atomic E-state index is -1.41. The molecule has 0 saturated carbocycles. The largest absolute Gasteiger partial charge is 0.546 e. The molecular formula is C9H11N2O6-. The Balaban J connectivity index is 2.79. The topological polar surface area (TPSA) is 143 Å². The Kier molecular flexibility index (Phi) is 4.05. The Bertz CT molecular complexity index is 427. The number of hydrogen-bond donors (Lipinski definition) is 1. The van der Waals surface area contributed by atoms with E-state index < -0.39 is 24.6 Å². The highest BCUT2D eigenvalue weighted by atomic mass is 16.5. The second-order valence-corrected chi connectivity index (χ2v) is 3.40. The molecule has 1 atom stereocenters. The zero-order valence-electron chi connectivity index (χ0n) is 9.10. The number of aromatic nitrogens is 1. The van der Waals surface area contributed by atoms with Crippen LogP contribution in [0.15, 0.2) is 4.52 Å². The Morgan fingerprint density at radius 2 is 2.18 bits per heavy atom. The van der Waals surface area contributed by atoms with Gasteiger partial charge in [0.25, 0.3) is 5.88 Å². The fraction of sp³-hybridized carbons (Fsp3) is 0.444. The van der Waals surface area contributed by atoms with Crippen molar-refractivity contribution < 1.29 is 34.8 Å². The molecule has 0 saturated heterocycles. The number of carboxylic acids is 2. The summed E-state index contributed by atoms with van der Waals surface area (Å²) in [5, 5.41) is 24.2. The Morgan fingerprint density at radius 1 is 1.53 bits per heavy atom. The lowest BCUT2D eigenvalue weighted by molar-refractivity contribution is -0.437. The molecule has 8 heteroatoms. The quantitative estimate of drug-likeness (QED) is 0.536. The van der Waals surface area contributed by atoms with E-state index in [9.17, 15) is 19.8 Å². The van der Waals surface area contributed by atoms with Gasteiger partial charge in [0, 0.05) is 6.42 Å². The number of carbonyl (C=O) groups is 2. The number of hydrogen-bond acceptors (Lipinski definition) is 7. The average Bonchev–Trinajstić information content (AvgIpc) is 2.57. The van der Waals surface area contributed by atoms with Gasteiger partial charge in [0.15, 0.2) is 0 Å². The maximum Gasteiger partial charge on any atom is 0.258 e. The van der Waals surface area contributed by atoms with Gasteiger partial charge < -0.3 is 34.8 Å². The number of nitrogens with zero attached hydrogens (tertiary/aromatic N) is 1. The third-order valence-corrected chi connectivity index (χ3v) is 2.06. The molecule has 3 N–H and O–H groups in total. The van der Waals surface area contributed by atoms with Crippen molar-refractivity contribution in [1.29, 1.82) is 0 Å². The molecule has 0 aliphatic heterocycles. The molecule has 0 spiro atoms. The van der Waals surface area contributed by atoms with Crippen LogP contribution in [0.2, 0.25) is 0 Å². The fourth-order valence-corrected chi connectivity index (χ4v) is 1.17. The van der Waals surface area contributed by atoms with Crippen molar-refractivity contribution >= 4 is 11.9 Å². The van der Waals surface area contributed by atoms with Crippen molar-refractivity contribution in [2.45, 2.75) is 19.4 Å². The Morgan fingerprint density at radius 3 is 2.71 bits per heavy atom. The van der Waals surface area contributed by atoms with Gasteiger partial charge >= 0.3 is 0 Å². The Hall–Kier alpha value is -2.09. The summed E-state index contributed by atoms with van der Waals surface area (Å²) in [6, 6.07) is -1.00. The van der Waals surface area contributed by atoms with Gasteiger partial charge in [0.1, 0.15) is 18.4 Å². The van der Waals surface area contributed by atoms with Gasteiger partial charge in [-0.3, -0.25) is 0 Å². The third-order valence-electron chi connectivity index (χ3n) is 2.06. The third kappa shape index (κ3) is 3.45. The molecule has 0 aliphatic carbocycles. The predicted octanol–water partition coefficient (Wildman–Crippen LogP) is -3.99. The van der Waals surface area contributed by atoms with Crippen molar-refractivity contribution in [3.05, 3.63) is 11.3 Å². The van der Waals surface area contributed by atoms with Gasteiger partial charge in [-0.05, 0) is 12.1 Å². The maximum atomic E-state index is 10.5. The van der Waals surface area contributed by atoms with E-state index in [2.05, 4.69) is 10.9 Å². The van der Waals surface area contributed by atoms with Gasteiger partial charge in [-0.2, -0.15) is 0 Å². The smallest absolute Gasteiger partial charge is 0.258 e. The van der Waals surface area contributed by atoms with E-state index in [0.29, 0.717) is 11.3 Å². The van der Waals surface area contributed by atoms with E-state index in [4.69, 9.17) is 9.26 Å². The summed E-state index contributed by atoms with van der Waals surface area (Å²) in [7, 11) is 0. The van der Waals surface area contributed by atoms with Gasteiger partial charge in [-0.1, -0.05) is 0 Å². The van der Waals surface area contributed by atoms with Crippen LogP contribution in [0.25, 0.3) is 0 Å². The number of aryl methyl sites for hydroxylation is 1. The summed E-state index contributed by atoms with van der Waals surface area (Å²) < 4.78 is 9.57. The Labute approximate surface area is 96.0 Å². The summed E-state index contributed by atoms with van der Waals surface area (Å²) in [6.45, 7) is 0.863. The van der Waals surface area contributed by atoms with E-state index >= 15 is 0 Å². The first-order valence-corrected chi connectivity index (χ1v) is 4.73. The molecule has 1 aromatic rings. The van der Waals surface area contributed by atoms with Crippen LogP contribution in [-0.4, -0.2) is 29.7 Å². The highest BCUT2D eigenvalue weighted by Crippen LogP contribution is 2.21. The number of rotatable bonds is 6. The molecule has 94 valence electrons. The standard InChI is InChI=1S/C9H12N2O6/c1-4-5(2-6(10)9(14)15)8(11-17-4)16-3-7(12)13/h6H,2-3,10H2,1H3,(H,12,13)(H,14,15)/p-1/t6-/m1/s1. The summed E-state index contributed by atoms with van der Waals surface area (Å²) in [5.41, 5.74) is 3.73. The fourth-order valence-electron chi connectivity index (χ4n) is 1.17. The first kappa shape index (κ1) is 13.0. The summed E-state index contributed by atoms with van der Waals surface area (Å²) >= 11 is 0. The van der Waals surface area contributed by atoms with Crippen molar-refractivity contribution in [1.82, 2.24) is 5.16 Å². The van der Waals surface area contributed by atoms with Crippen molar-refractivity contribution in [3.63, 3.8) is 0 Å². The summed E-state index contributed by atoms with van der Waals surface area (Å²) in [4.78, 5) is 20.8. The molecule has 0 bridgehead atoms. The summed E-state index contributed by atoms with van der Waals surface area (Å²) in [5.74, 6) is -2.46. The molecule has 0 fully saturated rings. The highest BCUT2D eigenvalue weighted by molar-refractivity contribution is 5.70. The number of carboxylic acid groups (broad SMARTS) is 2. The molecule has 8 nitrogen and oxygen atoms in total. The molecule has 17 heavy (non-hydrogen) atoms. The maximum absolute atomic E-state index is 10.5. The highest BCUT2D eigenvalue weighted by Gasteiger charge is 2.19. The number of carbonyl (C=O) groups excluding carboxylic acids is 2. The van der Waals surface area contributed by atoms with Gasteiger partial charge in [0.2, 0.25) is 0 Å². The molecule has 0 amide bonds. The molecule has 0 unspecified atom stereocenters. The summed E-state index contributed by atoms with van der Waals surface area (Å²) in [6.07, 6.45) is -0.0138. The van der Waals surface area contributed by atoms with Crippen LogP contribution in [0.4, 0.5) is 0 Å². The minimum Gasteiger partial charge on any atom is -0.546 e. The monoisotopic (exact) mass is 243 g/mol. The average molecular weight is 243 g/mol. The van der Waals surface area contributed by atoms with Crippen molar-refractivity contribution in [2.24, 2.45) is 0 Å². The van der Waals surface area contributed by atoms with Crippen LogP contribution in [-0.2, 0) is 16.0 Å². The zero-order chi connectivity index (χ0) is 13.0. The van der Waals surface area contributed by atoms with Crippen LogP contribution in [0, 0.1) is 6.92 Å². The molecule has 1 heterocycles. The normalized spacial score (nSPS) is 12.1. The predicted molar refractivity (Wildman–Crippen MR) is 47.1 cm³/mol. The van der Waals surface area contributed by atoms with Crippen LogP contribution in [0.1, 0.15) is 11.3 Å².